The van der Waals surface area contributed by atoms with Crippen LogP contribution in [0.1, 0.15) is 25.6 Å². The smallest absolute Gasteiger partial charge is 0.145 e. The van der Waals surface area contributed by atoms with Gasteiger partial charge in [-0.3, -0.25) is 0 Å². The van der Waals surface area contributed by atoms with E-state index in [-0.39, 0.29) is 5.92 Å². The summed E-state index contributed by atoms with van der Waals surface area (Å²) in [6.45, 7) is 4.31. The van der Waals surface area contributed by atoms with Crippen LogP contribution < -0.4 is 0 Å². The molecule has 0 fully saturated rings. The van der Waals surface area contributed by atoms with Crippen molar-refractivity contribution in [1.29, 1.82) is 0 Å². The van der Waals surface area contributed by atoms with Crippen LogP contribution in [0.5, 0.6) is 0 Å². The molecule has 4 aromatic carbocycles. The molecule has 31 heavy (non-hydrogen) atoms. The van der Waals surface area contributed by atoms with Gasteiger partial charge in [-0.15, -0.1) is 0 Å². The first-order chi connectivity index (χ1) is 15.1. The lowest BCUT2D eigenvalue weighted by Crippen LogP contribution is -2.02. The molecule has 6 aromatic rings. The van der Waals surface area contributed by atoms with Crippen LogP contribution in [0.15, 0.2) is 78.9 Å². The molecule has 0 aliphatic carbocycles. The van der Waals surface area contributed by atoms with Gasteiger partial charge >= 0.3 is 0 Å². The zero-order valence-electron chi connectivity index (χ0n) is 17.9. The van der Waals surface area contributed by atoms with Crippen LogP contribution in [0.2, 0.25) is 0 Å². The van der Waals surface area contributed by atoms with E-state index in [9.17, 15) is 0 Å². The monoisotopic (exact) mass is 401 g/mol. The topological polar surface area (TPSA) is 30.7 Å². The second-order valence-electron chi connectivity index (χ2n) is 8.62. The predicted molar refractivity (Wildman–Crippen MR) is 131 cm³/mol. The minimum atomic E-state index is 0.251. The molecule has 0 radical (unpaired) electrons. The van der Waals surface area contributed by atoms with Crippen LogP contribution >= 0.6 is 0 Å². The molecule has 2 heterocycles. The van der Waals surface area contributed by atoms with Crippen molar-refractivity contribution in [2.24, 2.45) is 7.05 Å². The molecule has 0 N–H and O–H groups in total. The van der Waals surface area contributed by atoms with Crippen molar-refractivity contribution in [2.75, 3.05) is 0 Å². The Kier molecular flexibility index (Phi) is 3.87. The van der Waals surface area contributed by atoms with Crippen molar-refractivity contribution in [3.05, 3.63) is 84.7 Å². The molecular formula is C28H23N3. The third-order valence-corrected chi connectivity index (χ3v) is 6.26. The van der Waals surface area contributed by atoms with Crippen LogP contribution in [0.4, 0.5) is 0 Å². The van der Waals surface area contributed by atoms with Gasteiger partial charge in [0.2, 0.25) is 0 Å². The lowest BCUT2D eigenvalue weighted by molar-refractivity contribution is 0.778. The minimum Gasteiger partial charge on any atom is -0.328 e. The fraction of sp³-hybridized carbons (Fsp3) is 0.143. The van der Waals surface area contributed by atoms with Gasteiger partial charge in [0.05, 0.1) is 16.6 Å². The summed E-state index contributed by atoms with van der Waals surface area (Å²) in [6.07, 6.45) is 0. The number of hydrogen-bond donors (Lipinski definition) is 0. The molecule has 0 atom stereocenters. The molecule has 0 aliphatic rings. The maximum atomic E-state index is 5.10. The molecular weight excluding hydrogens is 378 g/mol. The quantitative estimate of drug-likeness (QED) is 0.307. The first-order valence-electron chi connectivity index (χ1n) is 10.8. The molecule has 6 rings (SSSR count). The van der Waals surface area contributed by atoms with Gasteiger partial charge in [0.25, 0.3) is 0 Å². The molecule has 0 aliphatic heterocycles. The lowest BCUT2D eigenvalue weighted by atomic mass is 10.0. The largest absolute Gasteiger partial charge is 0.328 e. The molecule has 0 saturated carbocycles. The van der Waals surface area contributed by atoms with E-state index in [1.165, 1.54) is 32.4 Å². The Morgan fingerprint density at radius 1 is 0.710 bits per heavy atom. The molecule has 0 amide bonds. The molecule has 3 heteroatoms. The number of benzene rings is 4. The zero-order valence-corrected chi connectivity index (χ0v) is 17.9. The standard InChI is InChI=1S/C28H23N3/c1-17(2)27-29-26(22-13-12-18-8-4-5-9-19(18)14-22)25-23-15-20-10-6-7-11-21(20)16-24(23)31(3)28(25)30-27/h4-17H,1-3H3. The Bertz CT molecular complexity index is 1620. The maximum absolute atomic E-state index is 5.10. The summed E-state index contributed by atoms with van der Waals surface area (Å²) in [4.78, 5) is 10.1. The van der Waals surface area contributed by atoms with E-state index in [0.29, 0.717) is 0 Å². The molecule has 2 aromatic heterocycles. The fourth-order valence-corrected chi connectivity index (χ4v) is 4.58. The summed E-state index contributed by atoms with van der Waals surface area (Å²) in [5.41, 5.74) is 4.33. The van der Waals surface area contributed by atoms with Crippen molar-refractivity contribution >= 4 is 43.5 Å². The van der Waals surface area contributed by atoms with Crippen molar-refractivity contribution in [2.45, 2.75) is 19.8 Å². The molecule has 0 unspecified atom stereocenters. The van der Waals surface area contributed by atoms with E-state index in [0.717, 1.165) is 28.1 Å². The Hall–Kier alpha value is -3.72. The van der Waals surface area contributed by atoms with Crippen LogP contribution in [0.25, 0.3) is 54.7 Å². The van der Waals surface area contributed by atoms with Crippen LogP contribution in [-0.4, -0.2) is 14.5 Å². The van der Waals surface area contributed by atoms with Gasteiger partial charge in [-0.2, -0.15) is 0 Å². The van der Waals surface area contributed by atoms with E-state index in [2.05, 4.69) is 104 Å². The predicted octanol–water partition coefficient (Wildman–Crippen LogP) is 7.22. The van der Waals surface area contributed by atoms with Gasteiger partial charge < -0.3 is 4.57 Å². The van der Waals surface area contributed by atoms with Gasteiger partial charge in [-0.05, 0) is 39.7 Å². The van der Waals surface area contributed by atoms with E-state index in [4.69, 9.17) is 9.97 Å². The van der Waals surface area contributed by atoms with Gasteiger partial charge in [0.15, 0.2) is 0 Å². The molecule has 0 spiro atoms. The molecule has 3 nitrogen and oxygen atoms in total. The van der Waals surface area contributed by atoms with E-state index < -0.39 is 0 Å². The second-order valence-corrected chi connectivity index (χ2v) is 8.62. The highest BCUT2D eigenvalue weighted by Crippen LogP contribution is 2.37. The third-order valence-electron chi connectivity index (χ3n) is 6.26. The Morgan fingerprint density at radius 3 is 2.06 bits per heavy atom. The number of hydrogen-bond acceptors (Lipinski definition) is 2. The van der Waals surface area contributed by atoms with Crippen LogP contribution in [0.3, 0.4) is 0 Å². The van der Waals surface area contributed by atoms with Gasteiger partial charge in [-0.1, -0.05) is 74.5 Å². The summed E-state index contributed by atoms with van der Waals surface area (Å²) in [5.74, 6) is 1.13. The highest BCUT2D eigenvalue weighted by Gasteiger charge is 2.19. The van der Waals surface area contributed by atoms with Crippen molar-refractivity contribution < 1.29 is 0 Å². The Labute approximate surface area is 181 Å². The van der Waals surface area contributed by atoms with E-state index in [1.807, 2.05) is 0 Å². The summed E-state index contributed by atoms with van der Waals surface area (Å²) < 4.78 is 2.22. The first kappa shape index (κ1) is 18.1. The minimum absolute atomic E-state index is 0.251. The van der Waals surface area contributed by atoms with Gasteiger partial charge in [-0.25, -0.2) is 9.97 Å². The zero-order chi connectivity index (χ0) is 21.1. The highest BCUT2D eigenvalue weighted by molar-refractivity contribution is 6.16. The number of rotatable bonds is 2. The number of nitrogens with zero attached hydrogens (tertiary/aromatic N) is 3. The number of aromatic nitrogens is 3. The summed E-state index contributed by atoms with van der Waals surface area (Å²) >= 11 is 0. The van der Waals surface area contributed by atoms with Crippen LogP contribution in [-0.2, 0) is 7.05 Å². The molecule has 0 bridgehead atoms. The van der Waals surface area contributed by atoms with E-state index >= 15 is 0 Å². The Morgan fingerprint density at radius 2 is 1.35 bits per heavy atom. The van der Waals surface area contributed by atoms with Crippen LogP contribution in [0, 0.1) is 0 Å². The number of aryl methyl sites for hydroxylation is 1. The highest BCUT2D eigenvalue weighted by atomic mass is 15.1. The Balaban J connectivity index is 1.77. The lowest BCUT2D eigenvalue weighted by Gasteiger charge is -2.10. The van der Waals surface area contributed by atoms with Crippen molar-refractivity contribution in [3.8, 4) is 11.3 Å². The van der Waals surface area contributed by atoms with Gasteiger partial charge in [0, 0.05) is 23.9 Å². The molecule has 0 saturated heterocycles. The average molecular weight is 402 g/mol. The third kappa shape index (κ3) is 2.73. The van der Waals surface area contributed by atoms with E-state index in [1.54, 1.807) is 0 Å². The van der Waals surface area contributed by atoms with Gasteiger partial charge in [0.1, 0.15) is 11.5 Å². The second kappa shape index (κ2) is 6.64. The summed E-state index contributed by atoms with van der Waals surface area (Å²) in [6, 6.07) is 28.2. The average Bonchev–Trinajstić information content (AvgIpc) is 3.08. The fourth-order valence-electron chi connectivity index (χ4n) is 4.58. The molecule has 150 valence electrons. The van der Waals surface area contributed by atoms with Crippen molar-refractivity contribution in [1.82, 2.24) is 14.5 Å². The summed E-state index contributed by atoms with van der Waals surface area (Å²) in [5, 5.41) is 7.27. The number of fused-ring (bicyclic) bond motifs is 5. The normalized spacial score (nSPS) is 12.0. The van der Waals surface area contributed by atoms with Crippen molar-refractivity contribution in [3.63, 3.8) is 0 Å². The summed E-state index contributed by atoms with van der Waals surface area (Å²) in [7, 11) is 2.11. The SMILES string of the molecule is CC(C)c1nc(-c2ccc3ccccc3c2)c2c3cc4ccccc4cc3n(C)c2n1. The maximum Gasteiger partial charge on any atom is 0.145 e. The first-order valence-corrected chi connectivity index (χ1v) is 10.8.